The first-order chi connectivity index (χ1) is 4.74. The molecule has 0 unspecified atom stereocenters. The van der Waals surface area contributed by atoms with E-state index in [1.54, 1.807) is 12.1 Å². The third-order valence-electron chi connectivity index (χ3n) is 1.37. The fourth-order valence-corrected chi connectivity index (χ4v) is 0.713. The molecule has 0 aromatic heterocycles. The molecule has 0 saturated heterocycles. The van der Waals surface area contributed by atoms with Crippen LogP contribution < -0.4 is 0 Å². The van der Waals surface area contributed by atoms with E-state index < -0.39 is 5.41 Å². The van der Waals surface area contributed by atoms with Crippen LogP contribution in [0.25, 0.3) is 0 Å². The molecule has 3 nitrogen and oxygen atoms in total. The standard InChI is InChI=1S/C7H10N2O/c1-2-3-7(4-8,5-9)6-10/h10H,2-3,6H2,1H3. The molecule has 0 aliphatic heterocycles. The largest absolute Gasteiger partial charge is 0.394 e. The molecule has 0 saturated carbocycles. The lowest BCUT2D eigenvalue weighted by Crippen LogP contribution is -2.20. The number of hydrogen-bond donors (Lipinski definition) is 1. The van der Waals surface area contributed by atoms with Crippen molar-refractivity contribution in [2.75, 3.05) is 6.61 Å². The predicted octanol–water partition coefficient (Wildman–Crippen LogP) is 0.812. The Morgan fingerprint density at radius 2 is 1.90 bits per heavy atom. The highest BCUT2D eigenvalue weighted by atomic mass is 16.3. The number of hydrogen-bond acceptors (Lipinski definition) is 3. The smallest absolute Gasteiger partial charge is 0.166 e. The lowest BCUT2D eigenvalue weighted by molar-refractivity contribution is 0.207. The van der Waals surface area contributed by atoms with Crippen molar-refractivity contribution in [1.82, 2.24) is 0 Å². The van der Waals surface area contributed by atoms with E-state index >= 15 is 0 Å². The van der Waals surface area contributed by atoms with Crippen molar-refractivity contribution in [2.45, 2.75) is 19.8 Å². The molecular formula is C7H10N2O. The first-order valence-corrected chi connectivity index (χ1v) is 3.18. The summed E-state index contributed by atoms with van der Waals surface area (Å²) in [6.07, 6.45) is 1.18. The summed E-state index contributed by atoms with van der Waals surface area (Å²) in [5.41, 5.74) is -1.16. The first-order valence-electron chi connectivity index (χ1n) is 3.18. The minimum atomic E-state index is -1.16. The van der Waals surface area contributed by atoms with E-state index in [0.29, 0.717) is 6.42 Å². The van der Waals surface area contributed by atoms with Crippen molar-refractivity contribution in [3.05, 3.63) is 0 Å². The molecule has 1 N–H and O–H groups in total. The minimum absolute atomic E-state index is 0.367. The summed E-state index contributed by atoms with van der Waals surface area (Å²) in [6, 6.07) is 3.61. The molecule has 0 aliphatic carbocycles. The van der Waals surface area contributed by atoms with Gasteiger partial charge in [0, 0.05) is 0 Å². The lowest BCUT2D eigenvalue weighted by Gasteiger charge is -2.12. The molecule has 0 aromatic rings. The summed E-state index contributed by atoms with van der Waals surface area (Å²) in [6.45, 7) is 1.51. The molecule has 0 amide bonds. The Balaban J connectivity index is 4.24. The molecule has 0 spiro atoms. The van der Waals surface area contributed by atoms with Crippen LogP contribution in [-0.2, 0) is 0 Å². The third kappa shape index (κ3) is 1.72. The fourth-order valence-electron chi connectivity index (χ4n) is 0.713. The first kappa shape index (κ1) is 8.94. The normalized spacial score (nSPS) is 10.0. The van der Waals surface area contributed by atoms with E-state index in [2.05, 4.69) is 0 Å². The molecule has 0 radical (unpaired) electrons. The van der Waals surface area contributed by atoms with E-state index in [9.17, 15) is 0 Å². The van der Waals surface area contributed by atoms with Gasteiger partial charge in [0.15, 0.2) is 5.41 Å². The van der Waals surface area contributed by atoms with Gasteiger partial charge in [-0.1, -0.05) is 13.3 Å². The van der Waals surface area contributed by atoms with Gasteiger partial charge in [0.05, 0.1) is 18.7 Å². The maximum absolute atomic E-state index is 8.66. The van der Waals surface area contributed by atoms with Crippen LogP contribution in [0.5, 0.6) is 0 Å². The zero-order valence-electron chi connectivity index (χ0n) is 5.96. The van der Waals surface area contributed by atoms with Crippen molar-refractivity contribution in [2.24, 2.45) is 5.41 Å². The van der Waals surface area contributed by atoms with E-state index in [4.69, 9.17) is 15.6 Å². The van der Waals surface area contributed by atoms with Gasteiger partial charge >= 0.3 is 0 Å². The van der Waals surface area contributed by atoms with Crippen LogP contribution >= 0.6 is 0 Å². The second kappa shape index (κ2) is 3.87. The molecule has 0 atom stereocenters. The summed E-state index contributed by atoms with van der Waals surface area (Å²) in [4.78, 5) is 0. The summed E-state index contributed by atoms with van der Waals surface area (Å²) < 4.78 is 0. The maximum atomic E-state index is 8.66. The number of nitriles is 2. The maximum Gasteiger partial charge on any atom is 0.166 e. The summed E-state index contributed by atoms with van der Waals surface area (Å²) in [7, 11) is 0. The van der Waals surface area contributed by atoms with Crippen LogP contribution in [0.1, 0.15) is 19.8 Å². The monoisotopic (exact) mass is 138 g/mol. The van der Waals surface area contributed by atoms with Gasteiger partial charge in [-0.25, -0.2) is 0 Å². The van der Waals surface area contributed by atoms with Crippen molar-refractivity contribution < 1.29 is 5.11 Å². The Bertz CT molecular complexity index is 161. The van der Waals surface area contributed by atoms with Crippen LogP contribution in [-0.4, -0.2) is 11.7 Å². The zero-order chi connectivity index (χ0) is 8.04. The molecule has 0 aromatic carbocycles. The van der Waals surface area contributed by atoms with Gasteiger partial charge in [0.25, 0.3) is 0 Å². The van der Waals surface area contributed by atoms with Gasteiger partial charge in [-0.3, -0.25) is 0 Å². The average molecular weight is 138 g/mol. The molecule has 54 valence electrons. The lowest BCUT2D eigenvalue weighted by atomic mass is 9.88. The number of nitrogens with zero attached hydrogens (tertiary/aromatic N) is 2. The molecule has 0 rings (SSSR count). The second-order valence-electron chi connectivity index (χ2n) is 2.21. The summed E-state index contributed by atoms with van der Waals surface area (Å²) >= 11 is 0. The van der Waals surface area contributed by atoms with E-state index in [1.165, 1.54) is 0 Å². The topological polar surface area (TPSA) is 67.8 Å². The highest BCUT2D eigenvalue weighted by Gasteiger charge is 2.27. The van der Waals surface area contributed by atoms with E-state index in [1.807, 2.05) is 6.92 Å². The van der Waals surface area contributed by atoms with Gasteiger partial charge in [0.1, 0.15) is 0 Å². The van der Waals surface area contributed by atoms with Crippen LogP contribution in [0.3, 0.4) is 0 Å². The molecule has 0 bridgehead atoms. The Kier molecular flexibility index (Phi) is 3.46. The quantitative estimate of drug-likeness (QED) is 0.627. The average Bonchev–Trinajstić information content (AvgIpc) is 2.01. The minimum Gasteiger partial charge on any atom is -0.394 e. The molecule has 10 heavy (non-hydrogen) atoms. The van der Waals surface area contributed by atoms with Crippen LogP contribution in [0.4, 0.5) is 0 Å². The van der Waals surface area contributed by atoms with E-state index in [0.717, 1.165) is 6.42 Å². The third-order valence-corrected chi connectivity index (χ3v) is 1.37. The predicted molar refractivity (Wildman–Crippen MR) is 35.7 cm³/mol. The molecule has 0 fully saturated rings. The molecule has 3 heteroatoms. The van der Waals surface area contributed by atoms with Crippen LogP contribution in [0.2, 0.25) is 0 Å². The van der Waals surface area contributed by atoms with Gasteiger partial charge in [-0.15, -0.1) is 0 Å². The zero-order valence-corrected chi connectivity index (χ0v) is 5.96. The van der Waals surface area contributed by atoms with Gasteiger partial charge in [-0.2, -0.15) is 10.5 Å². The number of aliphatic hydroxyl groups excluding tert-OH is 1. The van der Waals surface area contributed by atoms with E-state index in [-0.39, 0.29) is 6.61 Å². The Morgan fingerprint density at radius 1 is 1.40 bits per heavy atom. The highest BCUT2D eigenvalue weighted by molar-refractivity contribution is 5.13. The van der Waals surface area contributed by atoms with Crippen molar-refractivity contribution >= 4 is 0 Å². The molecular weight excluding hydrogens is 128 g/mol. The Labute approximate surface area is 60.5 Å². The Morgan fingerprint density at radius 3 is 2.00 bits per heavy atom. The highest BCUT2D eigenvalue weighted by Crippen LogP contribution is 2.20. The number of rotatable bonds is 3. The van der Waals surface area contributed by atoms with Crippen molar-refractivity contribution in [3.8, 4) is 12.1 Å². The van der Waals surface area contributed by atoms with Gasteiger partial charge in [-0.05, 0) is 6.42 Å². The van der Waals surface area contributed by atoms with Crippen LogP contribution in [0, 0.1) is 28.1 Å². The molecule has 0 heterocycles. The van der Waals surface area contributed by atoms with Gasteiger partial charge in [0.2, 0.25) is 0 Å². The number of aliphatic hydroxyl groups is 1. The molecule has 0 aliphatic rings. The summed E-state index contributed by atoms with van der Waals surface area (Å²) in [5.74, 6) is 0. The van der Waals surface area contributed by atoms with Gasteiger partial charge < -0.3 is 5.11 Å². The van der Waals surface area contributed by atoms with Crippen molar-refractivity contribution in [1.29, 1.82) is 10.5 Å². The fraction of sp³-hybridized carbons (Fsp3) is 0.714. The summed E-state index contributed by atoms with van der Waals surface area (Å²) in [5, 5.41) is 25.6. The van der Waals surface area contributed by atoms with Crippen molar-refractivity contribution in [3.63, 3.8) is 0 Å². The SMILES string of the molecule is CCCC(C#N)(C#N)CO. The van der Waals surface area contributed by atoms with Crippen LogP contribution in [0.15, 0.2) is 0 Å². The second-order valence-corrected chi connectivity index (χ2v) is 2.21. The Hall–Kier alpha value is -1.06.